The van der Waals surface area contributed by atoms with Crippen molar-refractivity contribution in [2.75, 3.05) is 0 Å². The summed E-state index contributed by atoms with van der Waals surface area (Å²) >= 11 is 0. The molecule has 0 N–H and O–H groups in total. The number of hydrogen-bond acceptors (Lipinski definition) is 25. The Hall–Kier alpha value is 3.34. The van der Waals surface area contributed by atoms with Gasteiger partial charge in [0.25, 0.3) is 0 Å². The van der Waals surface area contributed by atoms with Crippen LogP contribution in [0, 0.1) is 0 Å². The van der Waals surface area contributed by atoms with Gasteiger partial charge in [-0.15, -0.1) is 0 Å². The van der Waals surface area contributed by atoms with Gasteiger partial charge in [-0.25, -0.2) is 0 Å². The van der Waals surface area contributed by atoms with Crippen LogP contribution < -0.4 is 0 Å². The Morgan fingerprint density at radius 3 is 0.262 bits per heavy atom. The van der Waals surface area contributed by atoms with Crippen LogP contribution in [0.3, 0.4) is 0 Å². The van der Waals surface area contributed by atoms with E-state index in [4.69, 9.17) is 103 Å². The Morgan fingerprint density at radius 2 is 0.215 bits per heavy atom. The van der Waals surface area contributed by atoms with E-state index < -0.39 is 181 Å². The lowest BCUT2D eigenvalue weighted by Gasteiger charge is -2.59. The molecule has 0 saturated carbocycles. The highest BCUT2D eigenvalue weighted by atomic mass is 28.7. The van der Waals surface area contributed by atoms with Gasteiger partial charge in [-0.3, -0.25) is 0 Å². The zero-order chi connectivity index (χ0) is 48.5. The van der Waals surface area contributed by atoms with Crippen LogP contribution in [0.2, 0.25) is 131 Å². The monoisotopic (exact) mass is 1270 g/mol. The predicted octanol–water partition coefficient (Wildman–Crippen LogP) is -0.327. The fraction of sp³-hybridized carbons (Fsp3) is 1.00. The molecule has 0 spiro atoms. The summed E-state index contributed by atoms with van der Waals surface area (Å²) in [6.07, 6.45) is 0. The Labute approximate surface area is 411 Å². The molecule has 0 unspecified atom stereocenters. The molecular weight excluding hydrogens is 1200 g/mol. The highest BCUT2D eigenvalue weighted by molar-refractivity contribution is 7.02. The number of rotatable bonds is 20. The van der Waals surface area contributed by atoms with Crippen LogP contribution in [0.15, 0.2) is 0 Å². The van der Waals surface area contributed by atoms with Crippen LogP contribution in [0.25, 0.3) is 0 Å². The molecule has 25 nitrogen and oxygen atoms in total. The van der Waals surface area contributed by atoms with E-state index in [1.165, 1.54) is 0 Å². The molecule has 0 aromatic carbocycles. The van der Waals surface area contributed by atoms with Crippen molar-refractivity contribution < 1.29 is 103 Å². The van der Waals surface area contributed by atoms with Crippen molar-refractivity contribution in [3.05, 3.63) is 0 Å². The normalized spacial score (nSPS) is 42.0. The van der Waals surface area contributed by atoms with E-state index in [1.54, 1.807) is 0 Å². The highest BCUT2D eigenvalue weighted by Crippen LogP contribution is 2.51. The Bertz CT molecular complexity index is 1240. The minimum Gasteiger partial charge on any atom is -0.398 e. The van der Waals surface area contributed by atoms with E-state index in [9.17, 15) is 0 Å². The van der Waals surface area contributed by atoms with E-state index in [0.717, 1.165) is 0 Å². The predicted molar refractivity (Wildman–Crippen MR) is 273 cm³/mol. The van der Waals surface area contributed by atoms with Crippen LogP contribution in [-0.2, 0) is 103 Å². The fourth-order valence-corrected chi connectivity index (χ4v) is 83.0. The first kappa shape index (κ1) is 57.6. The topological polar surface area (TPSA) is 231 Å². The summed E-state index contributed by atoms with van der Waals surface area (Å²) in [5, 5.41) is 0. The summed E-state index contributed by atoms with van der Waals surface area (Å²) < 4.78 is 180. The van der Waals surface area contributed by atoms with Crippen molar-refractivity contribution in [2.24, 2.45) is 0 Å². The SMILES string of the molecule is C[SiH](C)O[Si]12O[Si]3(O[SiH](C)C)O[Si]4(O[SiH](C)C)O[Si](O[SiH](C)C)(O1)O[Si]1(O[SiH](C)C)O[Si](O[SiH](C)C)(O4)O[Si]4(O[SiH](C)C)O[Si](O[SiH](C)C)(O[Si](O[SiH](C)C)(O[Si](O[SiH](C)C)(O3)O4)O2)O1. The summed E-state index contributed by atoms with van der Waals surface area (Å²) in [6, 6.07) is 0. The molecule has 380 valence electrons. The molecule has 65 heavy (non-hydrogen) atoms. The molecule has 10 bridgehead atoms. The number of hydrogen-bond donors (Lipinski definition) is 0. The molecule has 5 heterocycles. The first-order chi connectivity index (χ1) is 29.8. The molecule has 5 saturated heterocycles. The number of fused-ring (bicyclic) bond motifs is 10. The molecule has 5 aliphatic rings. The van der Waals surface area contributed by atoms with Crippen molar-refractivity contribution in [2.45, 2.75) is 131 Å². The maximum Gasteiger partial charge on any atom is 0.651 e. The van der Waals surface area contributed by atoms with E-state index in [2.05, 4.69) is 0 Å². The van der Waals surface area contributed by atoms with Gasteiger partial charge < -0.3 is 103 Å². The standard InChI is InChI=1S/C20H70O25Si20/c1-46(2)21-56-31-57(22-47(3)4)38-60(25-50(9)10)32-58(36-56,23-48(5)6)40-62(27-52(13)14)34-64(42-60,29-54(17)18)45-65(30-55(19)20)35-63(44-62,28-53(15)16)41-59(37-56,24-49(7)8)33-61(39-57,43-65)26-51(11)12/h46-55H,1-20H3. The lowest BCUT2D eigenvalue weighted by atomic mass is 11.9. The Kier molecular flexibility index (Phi) is 18.8. The average Bonchev–Trinajstić information content (AvgIpc) is 2.96. The highest BCUT2D eigenvalue weighted by Gasteiger charge is 2.92. The third kappa shape index (κ3) is 14.0. The van der Waals surface area contributed by atoms with Crippen LogP contribution in [0.5, 0.6) is 0 Å². The molecule has 0 aromatic heterocycles. The molecule has 0 aromatic rings. The maximum absolute atomic E-state index is 7.36. The Morgan fingerprint density at radius 1 is 0.154 bits per heavy atom. The molecule has 5 fully saturated rings. The molecular formula is C20H70O25Si20. The summed E-state index contributed by atoms with van der Waals surface area (Å²) in [5.41, 5.74) is 0. The van der Waals surface area contributed by atoms with Gasteiger partial charge in [-0.2, -0.15) is 0 Å². The quantitative estimate of drug-likeness (QED) is 0.142. The molecule has 45 heteroatoms. The zero-order valence-corrected chi connectivity index (χ0v) is 62.5. The Balaban J connectivity index is 1.93. The molecule has 5 rings (SSSR count). The molecule has 5 aliphatic heterocycles. The van der Waals surface area contributed by atoms with Crippen molar-refractivity contribution >= 4 is 181 Å². The summed E-state index contributed by atoms with van der Waals surface area (Å²) in [6.45, 7) is 38.0. The molecule has 0 atom stereocenters. The van der Waals surface area contributed by atoms with Crippen LogP contribution in [0.1, 0.15) is 0 Å². The minimum absolute atomic E-state index is 1.90. The molecule has 0 amide bonds. The second-order valence-corrected chi connectivity index (χ2v) is 70.8. The average molecular weight is 1270 g/mol. The lowest BCUT2D eigenvalue weighted by molar-refractivity contribution is -0.125. The largest absolute Gasteiger partial charge is 0.651 e. The van der Waals surface area contributed by atoms with Gasteiger partial charge >= 0.3 is 90.5 Å². The minimum atomic E-state index is -5.15. The summed E-state index contributed by atoms with van der Waals surface area (Å²) in [5.74, 6) is 0. The van der Waals surface area contributed by atoms with Gasteiger partial charge in [-0.05, 0) is 131 Å². The lowest BCUT2D eigenvalue weighted by Crippen LogP contribution is -2.91. The fourth-order valence-electron chi connectivity index (χ4n) is 6.53. The van der Waals surface area contributed by atoms with Crippen molar-refractivity contribution in [1.82, 2.24) is 0 Å². The third-order valence-corrected chi connectivity index (χ3v) is 68.0. The van der Waals surface area contributed by atoms with Crippen molar-refractivity contribution in [1.29, 1.82) is 0 Å². The first-order valence-electron chi connectivity index (χ1n) is 22.1. The van der Waals surface area contributed by atoms with Gasteiger partial charge in [-0.1, -0.05) is 0 Å². The van der Waals surface area contributed by atoms with Crippen LogP contribution >= 0.6 is 0 Å². The van der Waals surface area contributed by atoms with Gasteiger partial charge in [0.2, 0.25) is 0 Å². The van der Waals surface area contributed by atoms with Gasteiger partial charge in [0.15, 0.2) is 90.4 Å². The van der Waals surface area contributed by atoms with Gasteiger partial charge in [0.05, 0.1) is 0 Å². The van der Waals surface area contributed by atoms with E-state index in [1.807, 2.05) is 131 Å². The van der Waals surface area contributed by atoms with Crippen LogP contribution in [-0.4, -0.2) is 181 Å². The van der Waals surface area contributed by atoms with Crippen LogP contribution in [0.4, 0.5) is 0 Å². The smallest absolute Gasteiger partial charge is 0.398 e. The first-order valence-corrected chi connectivity index (χ1v) is 66.2. The molecule has 0 aliphatic carbocycles. The molecule has 0 radical (unpaired) electrons. The second kappa shape index (κ2) is 21.2. The van der Waals surface area contributed by atoms with Crippen molar-refractivity contribution in [3.63, 3.8) is 0 Å². The zero-order valence-electron chi connectivity index (χ0n) is 41.0. The summed E-state index contributed by atoms with van der Waals surface area (Å²) in [4.78, 5) is 0. The third-order valence-electron chi connectivity index (χ3n) is 7.55. The van der Waals surface area contributed by atoms with Crippen molar-refractivity contribution in [3.8, 4) is 0 Å². The van der Waals surface area contributed by atoms with Gasteiger partial charge in [0.1, 0.15) is 0 Å². The second-order valence-electron chi connectivity index (χ2n) is 18.2. The van der Waals surface area contributed by atoms with E-state index >= 15 is 0 Å². The van der Waals surface area contributed by atoms with E-state index in [0.29, 0.717) is 0 Å². The van der Waals surface area contributed by atoms with Gasteiger partial charge in [0, 0.05) is 0 Å². The maximum atomic E-state index is 7.36. The summed E-state index contributed by atoms with van der Waals surface area (Å²) in [7, 11) is -75.3. The van der Waals surface area contributed by atoms with E-state index in [-0.39, 0.29) is 0 Å².